The van der Waals surface area contributed by atoms with Gasteiger partial charge in [0.25, 0.3) is 0 Å². The summed E-state index contributed by atoms with van der Waals surface area (Å²) in [6.07, 6.45) is -9.98. The Morgan fingerprint density at radius 2 is 1.54 bits per heavy atom. The number of ketones is 1. The normalized spacial score (nSPS) is 35.0. The van der Waals surface area contributed by atoms with Crippen molar-refractivity contribution >= 4 is 29.7 Å². The molecule has 4 aliphatic rings. The highest BCUT2D eigenvalue weighted by Gasteiger charge is 2.78. The second kappa shape index (κ2) is 14.0. The zero-order valence-electron chi connectivity index (χ0n) is 31.0. The molecule has 6 rings (SSSR count). The molecule has 1 saturated heterocycles. The Labute approximate surface area is 312 Å². The molecular weight excluding hydrogens is 702 g/mol. The van der Waals surface area contributed by atoms with Gasteiger partial charge in [-0.15, -0.1) is 0 Å². The molecule has 3 aliphatic carbocycles. The highest BCUT2D eigenvalue weighted by atomic mass is 16.6. The number of Topliss-reactive ketones (excluding diaryl/α,β-unsaturated/α-hetero) is 1. The zero-order chi connectivity index (χ0) is 39.5. The number of esters is 4. The molecule has 1 aliphatic heterocycles. The topological polar surface area (TPSA) is 218 Å². The Morgan fingerprint density at radius 1 is 0.926 bits per heavy atom. The lowest BCUT2D eigenvalue weighted by Crippen LogP contribution is -2.82. The number of carbonyl (C=O) groups excluding carboxylic acids is 5. The van der Waals surface area contributed by atoms with Gasteiger partial charge in [0.1, 0.15) is 23.9 Å². The number of hydrogen-bond acceptors (Lipinski definition) is 14. The van der Waals surface area contributed by atoms with E-state index in [-0.39, 0.29) is 29.7 Å². The minimum absolute atomic E-state index is 0.0391. The van der Waals surface area contributed by atoms with E-state index in [1.165, 1.54) is 19.1 Å². The molecule has 0 spiro atoms. The number of hydrogen-bond donors (Lipinski definition) is 4. The summed E-state index contributed by atoms with van der Waals surface area (Å²) in [6, 6.07) is 15.1. The van der Waals surface area contributed by atoms with Gasteiger partial charge < -0.3 is 44.7 Å². The summed E-state index contributed by atoms with van der Waals surface area (Å²) in [5, 5.41) is 36.5. The first-order valence-corrected chi connectivity index (χ1v) is 17.9. The molecule has 3 fully saturated rings. The van der Waals surface area contributed by atoms with E-state index in [2.05, 4.69) is 0 Å². The second-order valence-electron chi connectivity index (χ2n) is 15.6. The molecule has 0 radical (unpaired) electrons. The van der Waals surface area contributed by atoms with Crippen LogP contribution in [0, 0.1) is 16.7 Å². The predicted molar refractivity (Wildman–Crippen MR) is 188 cm³/mol. The molecule has 2 aromatic rings. The van der Waals surface area contributed by atoms with E-state index < -0.39 is 107 Å². The van der Waals surface area contributed by atoms with Crippen molar-refractivity contribution in [3.05, 3.63) is 82.9 Å². The highest BCUT2D eigenvalue weighted by Crippen LogP contribution is 2.64. The maximum atomic E-state index is 15.3. The van der Waals surface area contributed by atoms with Crippen LogP contribution in [-0.4, -0.2) is 99.4 Å². The number of aliphatic hydroxyl groups is 3. The van der Waals surface area contributed by atoms with Gasteiger partial charge in [0.05, 0.1) is 35.6 Å². The van der Waals surface area contributed by atoms with E-state index in [9.17, 15) is 34.5 Å². The van der Waals surface area contributed by atoms with Gasteiger partial charge in [-0.1, -0.05) is 62.4 Å². The van der Waals surface area contributed by atoms with Crippen molar-refractivity contribution in [1.29, 1.82) is 0 Å². The van der Waals surface area contributed by atoms with E-state index in [1.54, 1.807) is 69.3 Å². The summed E-state index contributed by atoms with van der Waals surface area (Å²) in [5.41, 5.74) is -0.605. The monoisotopic (exact) mass is 749 g/mol. The number of fused-ring (bicyclic) bond motifs is 5. The molecule has 290 valence electrons. The Hall–Kier alpha value is -4.47. The van der Waals surface area contributed by atoms with Gasteiger partial charge in [-0.05, 0) is 42.7 Å². The van der Waals surface area contributed by atoms with Crippen LogP contribution in [0.4, 0.5) is 0 Å². The third-order valence-corrected chi connectivity index (χ3v) is 12.2. The van der Waals surface area contributed by atoms with E-state index >= 15 is 4.79 Å². The summed E-state index contributed by atoms with van der Waals surface area (Å²) in [6.45, 7) is 8.08. The largest absolute Gasteiger partial charge is 0.456 e. The van der Waals surface area contributed by atoms with E-state index in [0.717, 1.165) is 13.8 Å². The second-order valence-corrected chi connectivity index (χ2v) is 15.6. The number of carbonyl (C=O) groups is 5. The highest BCUT2D eigenvalue weighted by molar-refractivity contribution is 5.95. The molecule has 2 aromatic carbocycles. The molecule has 54 heavy (non-hydrogen) atoms. The van der Waals surface area contributed by atoms with Crippen molar-refractivity contribution in [2.24, 2.45) is 22.5 Å². The first-order chi connectivity index (χ1) is 25.3. The summed E-state index contributed by atoms with van der Waals surface area (Å²) < 4.78 is 29.9. The lowest BCUT2D eigenvalue weighted by molar-refractivity contribution is -0.346. The van der Waals surface area contributed by atoms with Crippen LogP contribution in [0.2, 0.25) is 0 Å². The van der Waals surface area contributed by atoms with Crippen molar-refractivity contribution < 1.29 is 63.0 Å². The van der Waals surface area contributed by atoms with E-state index in [0.29, 0.717) is 5.56 Å². The van der Waals surface area contributed by atoms with Crippen molar-refractivity contribution in [3.63, 3.8) is 0 Å². The Balaban J connectivity index is 1.58. The molecule has 14 heteroatoms. The molecule has 5 N–H and O–H groups in total. The van der Waals surface area contributed by atoms with Crippen molar-refractivity contribution in [3.8, 4) is 0 Å². The van der Waals surface area contributed by atoms with Crippen molar-refractivity contribution in [2.45, 2.75) is 108 Å². The number of ether oxygens (including phenoxy) is 5. The molecule has 11 atom stereocenters. The summed E-state index contributed by atoms with van der Waals surface area (Å²) in [4.78, 5) is 68.7. The minimum Gasteiger partial charge on any atom is -0.456 e. The third kappa shape index (κ3) is 6.04. The molecule has 0 aromatic heterocycles. The fourth-order valence-electron chi connectivity index (χ4n) is 9.23. The van der Waals surface area contributed by atoms with E-state index in [1.807, 2.05) is 0 Å². The van der Waals surface area contributed by atoms with E-state index in [4.69, 9.17) is 29.4 Å². The molecule has 2 saturated carbocycles. The number of benzene rings is 2. The van der Waals surface area contributed by atoms with Crippen LogP contribution in [0.5, 0.6) is 0 Å². The number of nitrogens with two attached hydrogens (primary N) is 1. The summed E-state index contributed by atoms with van der Waals surface area (Å²) >= 11 is 0. The SMILES string of the molecule is CC(=O)O[C@H]1C(=O)[C@]2(C)[C@@H](O)CC3OC[C@@]3(OC(C)=O)[C@H]2[C@H](OC(=O)c2ccccc2)[C@]2(O)C[C@H](OC(=O)[C@H](O)[C@H](N)c3ccccc3)C(C)=C1C2(C)C. The van der Waals surface area contributed by atoms with Crippen LogP contribution in [0.1, 0.15) is 76.3 Å². The van der Waals surface area contributed by atoms with Gasteiger partial charge in [0, 0.05) is 32.1 Å². The Kier molecular flexibility index (Phi) is 10.2. The average molecular weight is 750 g/mol. The lowest BCUT2D eigenvalue weighted by atomic mass is 9.44. The van der Waals surface area contributed by atoms with Gasteiger partial charge in [-0.25, -0.2) is 9.59 Å². The van der Waals surface area contributed by atoms with Crippen LogP contribution in [0.25, 0.3) is 0 Å². The van der Waals surface area contributed by atoms with Crippen LogP contribution in [0.15, 0.2) is 71.8 Å². The molecule has 1 heterocycles. The third-order valence-electron chi connectivity index (χ3n) is 12.2. The Bertz CT molecular complexity index is 1860. The van der Waals surface area contributed by atoms with Crippen LogP contribution < -0.4 is 5.73 Å². The minimum atomic E-state index is -2.32. The molecular formula is C40H47NO13. The molecule has 1 unspecified atom stereocenters. The van der Waals surface area contributed by atoms with Crippen LogP contribution >= 0.6 is 0 Å². The summed E-state index contributed by atoms with van der Waals surface area (Å²) in [5.74, 6) is -6.01. The van der Waals surface area contributed by atoms with Gasteiger partial charge in [0.15, 0.2) is 23.6 Å². The Morgan fingerprint density at radius 3 is 2.09 bits per heavy atom. The maximum absolute atomic E-state index is 15.3. The van der Waals surface area contributed by atoms with Crippen molar-refractivity contribution in [1.82, 2.24) is 0 Å². The molecule has 14 nitrogen and oxygen atoms in total. The fourth-order valence-corrected chi connectivity index (χ4v) is 9.23. The molecule has 2 bridgehead atoms. The number of rotatable bonds is 8. The van der Waals surface area contributed by atoms with Crippen LogP contribution in [-0.2, 0) is 42.9 Å². The fraction of sp³-hybridized carbons (Fsp3) is 0.525. The number of aliphatic hydroxyl groups excluding tert-OH is 2. The van der Waals surface area contributed by atoms with Gasteiger partial charge in [-0.3, -0.25) is 14.4 Å². The quantitative estimate of drug-likeness (QED) is 0.173. The standard InChI is InChI=1S/C40H47NO13/c1-20-25(52-36(48)30(45)29(41)23-13-9-7-10-14-23)18-40(49)34(53-35(47)24-15-11-8-12-16-24)32-38(6,26(44)17-27-39(32,19-50-27)54-22(3)43)33(46)31(51-21(2)42)28(20)37(40,4)5/h7-16,25-27,29-32,34,44-45,49H,17-19,41H2,1-6H3/t25-,26-,27?,29+,30+,31+,32-,34-,38+,39-,40+/m0/s1. The van der Waals surface area contributed by atoms with Gasteiger partial charge in [0.2, 0.25) is 0 Å². The van der Waals surface area contributed by atoms with Gasteiger partial charge in [-0.2, -0.15) is 0 Å². The molecule has 0 amide bonds. The first kappa shape index (κ1) is 39.2. The average Bonchev–Trinajstić information content (AvgIpc) is 3.12. The summed E-state index contributed by atoms with van der Waals surface area (Å²) in [7, 11) is 0. The lowest BCUT2D eigenvalue weighted by Gasteiger charge is -2.67. The zero-order valence-corrected chi connectivity index (χ0v) is 31.0. The smallest absolute Gasteiger partial charge is 0.338 e. The predicted octanol–water partition coefficient (Wildman–Crippen LogP) is 2.26. The van der Waals surface area contributed by atoms with Crippen molar-refractivity contribution in [2.75, 3.05) is 6.61 Å². The first-order valence-electron chi connectivity index (χ1n) is 17.9. The maximum Gasteiger partial charge on any atom is 0.338 e. The van der Waals surface area contributed by atoms with Crippen LogP contribution in [0.3, 0.4) is 0 Å². The van der Waals surface area contributed by atoms with Gasteiger partial charge >= 0.3 is 23.9 Å².